The van der Waals surface area contributed by atoms with Crippen molar-refractivity contribution < 1.29 is 5.11 Å². The molecule has 0 atom stereocenters. The number of phenols is 1. The molecule has 0 amide bonds. The smallest absolute Gasteiger partial charge is 0.115 e. The molecular formula is C9H14O. The van der Waals surface area contributed by atoms with Crippen molar-refractivity contribution in [3.63, 3.8) is 0 Å². The first kappa shape index (κ1) is 9.02. The Morgan fingerprint density at radius 3 is 2.10 bits per heavy atom. The normalized spacial score (nSPS) is 8.60. The van der Waals surface area contributed by atoms with Crippen LogP contribution in [0.25, 0.3) is 0 Å². The van der Waals surface area contributed by atoms with Gasteiger partial charge < -0.3 is 5.11 Å². The lowest BCUT2D eigenvalue weighted by molar-refractivity contribution is 0.474. The third-order valence-electron chi connectivity index (χ3n) is 1.49. The van der Waals surface area contributed by atoms with Crippen LogP contribution in [0.15, 0.2) is 18.2 Å². The van der Waals surface area contributed by atoms with Crippen molar-refractivity contribution >= 4 is 0 Å². The van der Waals surface area contributed by atoms with Gasteiger partial charge in [-0.3, -0.25) is 0 Å². The molecule has 0 saturated carbocycles. The number of benzene rings is 1. The van der Waals surface area contributed by atoms with E-state index in [2.05, 4.69) is 0 Å². The standard InChI is InChI=1S/C8H10O.CH4/c1-6-3-4-8(9)5-7(6)2;/h3-5,9H,1-2H3;1H4. The summed E-state index contributed by atoms with van der Waals surface area (Å²) in [6, 6.07) is 5.36. The van der Waals surface area contributed by atoms with E-state index in [4.69, 9.17) is 5.11 Å². The number of aromatic hydroxyl groups is 1. The number of hydrogen-bond donors (Lipinski definition) is 1. The quantitative estimate of drug-likeness (QED) is 0.584. The average Bonchev–Trinajstić information content (AvgIpc) is 1.80. The molecule has 56 valence electrons. The Balaban J connectivity index is 0.000000810. The zero-order valence-corrected chi connectivity index (χ0v) is 5.68. The number of aryl methyl sites for hydroxylation is 2. The van der Waals surface area contributed by atoms with Crippen LogP contribution >= 0.6 is 0 Å². The van der Waals surface area contributed by atoms with E-state index in [1.165, 1.54) is 5.56 Å². The van der Waals surface area contributed by atoms with Crippen molar-refractivity contribution in [3.05, 3.63) is 29.3 Å². The fraction of sp³-hybridized carbons (Fsp3) is 0.333. The molecule has 1 nitrogen and oxygen atoms in total. The second-order valence-corrected chi connectivity index (χ2v) is 2.27. The summed E-state index contributed by atoms with van der Waals surface area (Å²) in [6.45, 7) is 4.00. The van der Waals surface area contributed by atoms with Gasteiger partial charge in [0, 0.05) is 0 Å². The highest BCUT2D eigenvalue weighted by molar-refractivity contribution is 5.32. The topological polar surface area (TPSA) is 20.2 Å². The number of rotatable bonds is 0. The van der Waals surface area contributed by atoms with Crippen molar-refractivity contribution in [2.75, 3.05) is 0 Å². The fourth-order valence-corrected chi connectivity index (χ4v) is 0.726. The lowest BCUT2D eigenvalue weighted by Gasteiger charge is -1.97. The van der Waals surface area contributed by atoms with Crippen molar-refractivity contribution in [3.8, 4) is 5.75 Å². The third-order valence-corrected chi connectivity index (χ3v) is 1.49. The summed E-state index contributed by atoms with van der Waals surface area (Å²) < 4.78 is 0. The summed E-state index contributed by atoms with van der Waals surface area (Å²) in [7, 11) is 0. The first-order valence-corrected chi connectivity index (χ1v) is 2.96. The number of hydrogen-bond acceptors (Lipinski definition) is 1. The van der Waals surface area contributed by atoms with Crippen molar-refractivity contribution in [1.29, 1.82) is 0 Å². The summed E-state index contributed by atoms with van der Waals surface area (Å²) in [5.74, 6) is 0.345. The van der Waals surface area contributed by atoms with Gasteiger partial charge in [-0.2, -0.15) is 0 Å². The molecule has 0 spiro atoms. The van der Waals surface area contributed by atoms with E-state index in [0.717, 1.165) is 5.56 Å². The van der Waals surface area contributed by atoms with E-state index in [9.17, 15) is 0 Å². The fourth-order valence-electron chi connectivity index (χ4n) is 0.726. The van der Waals surface area contributed by atoms with Crippen LogP contribution in [-0.2, 0) is 0 Å². The molecule has 0 bridgehead atoms. The Morgan fingerprint density at radius 1 is 1.10 bits per heavy atom. The maximum Gasteiger partial charge on any atom is 0.115 e. The highest BCUT2D eigenvalue weighted by Gasteiger charge is 1.90. The summed E-state index contributed by atoms with van der Waals surface area (Å²) in [6.07, 6.45) is 0. The molecule has 10 heavy (non-hydrogen) atoms. The highest BCUT2D eigenvalue weighted by Crippen LogP contribution is 2.13. The zero-order valence-electron chi connectivity index (χ0n) is 5.68. The molecule has 1 heteroatoms. The van der Waals surface area contributed by atoms with E-state index in [-0.39, 0.29) is 7.43 Å². The molecule has 1 rings (SSSR count). The minimum Gasteiger partial charge on any atom is -0.508 e. The first-order valence-electron chi connectivity index (χ1n) is 2.96. The summed E-state index contributed by atoms with van der Waals surface area (Å²) in [5.41, 5.74) is 2.35. The Bertz CT molecular complexity index is 216. The molecule has 0 unspecified atom stereocenters. The SMILES string of the molecule is C.Cc1ccc(O)cc1C. The molecule has 1 aromatic carbocycles. The van der Waals surface area contributed by atoms with E-state index in [1.807, 2.05) is 19.9 Å². The molecule has 0 heterocycles. The van der Waals surface area contributed by atoms with Crippen LogP contribution in [0.5, 0.6) is 5.75 Å². The minimum atomic E-state index is 0. The maximum absolute atomic E-state index is 8.94. The summed E-state index contributed by atoms with van der Waals surface area (Å²) in [4.78, 5) is 0. The Labute approximate surface area is 62.3 Å². The minimum absolute atomic E-state index is 0. The van der Waals surface area contributed by atoms with Crippen molar-refractivity contribution in [1.82, 2.24) is 0 Å². The van der Waals surface area contributed by atoms with Gasteiger partial charge in [-0.15, -0.1) is 0 Å². The highest BCUT2D eigenvalue weighted by atomic mass is 16.3. The molecule has 0 aromatic heterocycles. The van der Waals surface area contributed by atoms with Crippen LogP contribution in [0.2, 0.25) is 0 Å². The molecule has 0 aliphatic carbocycles. The molecular weight excluding hydrogens is 124 g/mol. The van der Waals surface area contributed by atoms with Crippen LogP contribution < -0.4 is 0 Å². The molecule has 0 aliphatic heterocycles. The average molecular weight is 138 g/mol. The van der Waals surface area contributed by atoms with Gasteiger partial charge in [-0.1, -0.05) is 13.5 Å². The molecule has 0 saturated heterocycles. The van der Waals surface area contributed by atoms with Gasteiger partial charge in [-0.05, 0) is 37.1 Å². The molecule has 0 radical (unpaired) electrons. The summed E-state index contributed by atoms with van der Waals surface area (Å²) >= 11 is 0. The molecule has 0 aliphatic rings. The Morgan fingerprint density at radius 2 is 1.70 bits per heavy atom. The summed E-state index contributed by atoms with van der Waals surface area (Å²) in [5, 5.41) is 8.94. The molecule has 1 aromatic rings. The largest absolute Gasteiger partial charge is 0.508 e. The first-order chi connectivity index (χ1) is 4.20. The van der Waals surface area contributed by atoms with Crippen molar-refractivity contribution in [2.45, 2.75) is 21.3 Å². The van der Waals surface area contributed by atoms with E-state index in [1.54, 1.807) is 12.1 Å². The van der Waals surface area contributed by atoms with Gasteiger partial charge in [0.15, 0.2) is 0 Å². The van der Waals surface area contributed by atoms with Crippen LogP contribution in [-0.4, -0.2) is 5.11 Å². The Kier molecular flexibility index (Phi) is 2.94. The predicted molar refractivity (Wildman–Crippen MR) is 44.3 cm³/mol. The van der Waals surface area contributed by atoms with E-state index < -0.39 is 0 Å². The van der Waals surface area contributed by atoms with E-state index in [0.29, 0.717) is 5.75 Å². The van der Waals surface area contributed by atoms with Gasteiger partial charge in [-0.25, -0.2) is 0 Å². The van der Waals surface area contributed by atoms with E-state index >= 15 is 0 Å². The second-order valence-electron chi connectivity index (χ2n) is 2.27. The van der Waals surface area contributed by atoms with Crippen molar-refractivity contribution in [2.24, 2.45) is 0 Å². The lowest BCUT2D eigenvalue weighted by atomic mass is 10.1. The van der Waals surface area contributed by atoms with Gasteiger partial charge in [0.05, 0.1) is 0 Å². The van der Waals surface area contributed by atoms with Crippen LogP contribution in [0.3, 0.4) is 0 Å². The predicted octanol–water partition coefficient (Wildman–Crippen LogP) is 2.65. The van der Waals surface area contributed by atoms with Gasteiger partial charge in [0.2, 0.25) is 0 Å². The Hall–Kier alpha value is -0.980. The zero-order chi connectivity index (χ0) is 6.85. The lowest BCUT2D eigenvalue weighted by Crippen LogP contribution is -1.76. The van der Waals surface area contributed by atoms with Gasteiger partial charge >= 0.3 is 0 Å². The maximum atomic E-state index is 8.94. The van der Waals surface area contributed by atoms with Gasteiger partial charge in [0.25, 0.3) is 0 Å². The number of phenolic OH excluding ortho intramolecular Hbond substituents is 1. The molecule has 0 fully saturated rings. The van der Waals surface area contributed by atoms with Gasteiger partial charge in [0.1, 0.15) is 5.75 Å². The molecule has 1 N–H and O–H groups in total. The van der Waals surface area contributed by atoms with Crippen LogP contribution in [0, 0.1) is 13.8 Å². The second kappa shape index (κ2) is 3.25. The third kappa shape index (κ3) is 1.76. The van der Waals surface area contributed by atoms with Crippen LogP contribution in [0.4, 0.5) is 0 Å². The monoisotopic (exact) mass is 138 g/mol. The van der Waals surface area contributed by atoms with Crippen LogP contribution in [0.1, 0.15) is 18.6 Å².